The molecule has 0 aliphatic rings. The number of carbonyl (C=O) groups is 2. The normalized spacial score (nSPS) is 11.8. The van der Waals surface area contributed by atoms with Crippen molar-refractivity contribution in [1.29, 1.82) is 0 Å². The molecule has 0 radical (unpaired) electrons. The third kappa shape index (κ3) is 3.08. The second-order valence-corrected chi connectivity index (χ2v) is 4.81. The van der Waals surface area contributed by atoms with Crippen LogP contribution in [0.5, 0.6) is 5.75 Å². The van der Waals surface area contributed by atoms with Crippen LogP contribution in [0.2, 0.25) is 0 Å². The Morgan fingerprint density at radius 1 is 1.36 bits per heavy atom. The van der Waals surface area contributed by atoms with Gasteiger partial charge in [0.05, 0.1) is 7.11 Å². The highest BCUT2D eigenvalue weighted by Crippen LogP contribution is 2.25. The van der Waals surface area contributed by atoms with E-state index in [9.17, 15) is 14.7 Å². The highest BCUT2D eigenvalue weighted by atomic mass is 16.5. The lowest BCUT2D eigenvalue weighted by Crippen LogP contribution is -2.36. The maximum absolute atomic E-state index is 12.5. The smallest absolute Gasteiger partial charge is 0.333 e. The van der Waals surface area contributed by atoms with Gasteiger partial charge in [-0.2, -0.15) is 5.10 Å². The molecule has 1 amide bonds. The number of aromatic hydroxyl groups is 1. The van der Waals surface area contributed by atoms with Crippen molar-refractivity contribution in [3.8, 4) is 5.75 Å². The fourth-order valence-corrected chi connectivity index (χ4v) is 2.15. The molecule has 7 heteroatoms. The molecule has 1 heterocycles. The Morgan fingerprint density at radius 3 is 2.64 bits per heavy atom. The van der Waals surface area contributed by atoms with Gasteiger partial charge >= 0.3 is 5.97 Å². The molecule has 7 nitrogen and oxygen atoms in total. The summed E-state index contributed by atoms with van der Waals surface area (Å²) in [7, 11) is 4.43. The summed E-state index contributed by atoms with van der Waals surface area (Å²) >= 11 is 0. The van der Waals surface area contributed by atoms with E-state index >= 15 is 0 Å². The van der Waals surface area contributed by atoms with Gasteiger partial charge in [-0.05, 0) is 23.8 Å². The van der Waals surface area contributed by atoms with Crippen molar-refractivity contribution in [2.75, 3.05) is 14.2 Å². The first-order valence-corrected chi connectivity index (χ1v) is 6.57. The number of amides is 1. The van der Waals surface area contributed by atoms with Crippen LogP contribution in [0.15, 0.2) is 36.5 Å². The molecule has 1 atom stereocenters. The lowest BCUT2D eigenvalue weighted by Gasteiger charge is -2.25. The van der Waals surface area contributed by atoms with Gasteiger partial charge in [0, 0.05) is 20.3 Å². The van der Waals surface area contributed by atoms with Gasteiger partial charge in [0.1, 0.15) is 11.4 Å². The number of rotatable bonds is 4. The molecule has 0 aliphatic carbocycles. The van der Waals surface area contributed by atoms with Gasteiger partial charge in [-0.25, -0.2) is 4.79 Å². The lowest BCUT2D eigenvalue weighted by atomic mass is 10.0. The molecule has 0 bridgehead atoms. The zero-order valence-corrected chi connectivity index (χ0v) is 12.6. The van der Waals surface area contributed by atoms with E-state index in [1.54, 1.807) is 31.4 Å². The van der Waals surface area contributed by atoms with Gasteiger partial charge in [0.25, 0.3) is 5.91 Å². The number of hydrogen-bond donors (Lipinski definition) is 1. The summed E-state index contributed by atoms with van der Waals surface area (Å²) in [5.74, 6) is -1.01. The van der Waals surface area contributed by atoms with Crippen molar-refractivity contribution in [3.63, 3.8) is 0 Å². The quantitative estimate of drug-likeness (QED) is 0.855. The molecule has 0 aliphatic heterocycles. The molecule has 22 heavy (non-hydrogen) atoms. The van der Waals surface area contributed by atoms with Crippen molar-refractivity contribution in [1.82, 2.24) is 14.7 Å². The first kappa shape index (κ1) is 15.6. The fourth-order valence-electron chi connectivity index (χ4n) is 2.15. The highest BCUT2D eigenvalue weighted by Gasteiger charge is 2.31. The molecule has 1 aromatic heterocycles. The van der Waals surface area contributed by atoms with Gasteiger partial charge in [-0.3, -0.25) is 9.48 Å². The molecule has 2 rings (SSSR count). The summed E-state index contributed by atoms with van der Waals surface area (Å²) in [4.78, 5) is 25.8. The summed E-state index contributed by atoms with van der Waals surface area (Å²) in [5, 5.41) is 13.6. The summed E-state index contributed by atoms with van der Waals surface area (Å²) in [5.41, 5.74) is 0.678. The Balaban J connectivity index is 2.37. The minimum absolute atomic E-state index is 0.00471. The Bertz CT molecular complexity index is 696. The van der Waals surface area contributed by atoms with Crippen molar-refractivity contribution >= 4 is 11.9 Å². The first-order valence-electron chi connectivity index (χ1n) is 6.57. The van der Waals surface area contributed by atoms with E-state index in [0.717, 1.165) is 0 Å². The largest absolute Gasteiger partial charge is 0.508 e. The van der Waals surface area contributed by atoms with Crippen molar-refractivity contribution in [2.45, 2.75) is 6.04 Å². The van der Waals surface area contributed by atoms with Crippen LogP contribution in [0.1, 0.15) is 22.1 Å². The second-order valence-electron chi connectivity index (χ2n) is 4.81. The molecule has 0 saturated carbocycles. The Kier molecular flexibility index (Phi) is 4.45. The number of nitrogens with zero attached hydrogens (tertiary/aromatic N) is 3. The summed E-state index contributed by atoms with van der Waals surface area (Å²) < 4.78 is 6.28. The number of aryl methyl sites for hydroxylation is 1. The minimum atomic E-state index is -0.966. The molecule has 0 spiro atoms. The number of esters is 1. The maximum atomic E-state index is 12.5. The van der Waals surface area contributed by atoms with E-state index in [4.69, 9.17) is 4.74 Å². The summed E-state index contributed by atoms with van der Waals surface area (Å²) in [6.45, 7) is 0. The van der Waals surface area contributed by atoms with E-state index in [2.05, 4.69) is 5.10 Å². The van der Waals surface area contributed by atoms with Gasteiger partial charge in [0.15, 0.2) is 6.04 Å². The van der Waals surface area contributed by atoms with E-state index in [-0.39, 0.29) is 11.4 Å². The topological polar surface area (TPSA) is 84.7 Å². The van der Waals surface area contributed by atoms with Crippen molar-refractivity contribution < 1.29 is 19.4 Å². The van der Waals surface area contributed by atoms with Crippen LogP contribution in [-0.4, -0.2) is 45.8 Å². The molecule has 0 fully saturated rings. The number of ether oxygens (including phenoxy) is 1. The zero-order chi connectivity index (χ0) is 16.3. The zero-order valence-electron chi connectivity index (χ0n) is 12.6. The number of likely N-dealkylation sites (N-methyl/N-ethyl adjacent to an activating group) is 1. The number of carbonyl (C=O) groups excluding carboxylic acids is 2. The minimum Gasteiger partial charge on any atom is -0.508 e. The van der Waals surface area contributed by atoms with Gasteiger partial charge in [-0.15, -0.1) is 0 Å². The van der Waals surface area contributed by atoms with Crippen LogP contribution in [-0.2, 0) is 16.6 Å². The predicted molar refractivity (Wildman–Crippen MR) is 78.2 cm³/mol. The molecule has 1 aromatic carbocycles. The summed E-state index contributed by atoms with van der Waals surface area (Å²) in [6, 6.07) is 6.74. The van der Waals surface area contributed by atoms with Crippen molar-refractivity contribution in [2.24, 2.45) is 7.05 Å². The number of methoxy groups -OCH3 is 1. The third-order valence-corrected chi connectivity index (χ3v) is 3.25. The van der Waals surface area contributed by atoms with Crippen LogP contribution in [0.25, 0.3) is 0 Å². The molecule has 0 saturated heterocycles. The number of phenols is 1. The Labute approximate surface area is 127 Å². The van der Waals surface area contributed by atoms with Crippen molar-refractivity contribution in [3.05, 3.63) is 47.8 Å². The van der Waals surface area contributed by atoms with Crippen LogP contribution < -0.4 is 0 Å². The second kappa shape index (κ2) is 6.30. The van der Waals surface area contributed by atoms with Gasteiger partial charge in [0.2, 0.25) is 0 Å². The molecule has 2 aromatic rings. The van der Waals surface area contributed by atoms with E-state index in [1.807, 2.05) is 0 Å². The molecular formula is C15H17N3O4. The summed E-state index contributed by atoms with van der Waals surface area (Å²) in [6.07, 6.45) is 1.64. The molecule has 116 valence electrons. The monoisotopic (exact) mass is 303 g/mol. The van der Waals surface area contributed by atoms with E-state index < -0.39 is 17.9 Å². The standard InChI is InChI=1S/C15H17N3O4/c1-17-8-7-12(16-17)14(20)18(2)13(15(21)22-3)10-5-4-6-11(19)9-10/h4-9,13,19H,1-3H3. The maximum Gasteiger partial charge on any atom is 0.333 e. The Morgan fingerprint density at radius 2 is 2.09 bits per heavy atom. The fraction of sp³-hybridized carbons (Fsp3) is 0.267. The average molecular weight is 303 g/mol. The van der Waals surface area contributed by atoms with E-state index in [0.29, 0.717) is 5.56 Å². The van der Waals surface area contributed by atoms with Gasteiger partial charge < -0.3 is 14.7 Å². The first-order chi connectivity index (χ1) is 10.4. The Hall–Kier alpha value is -2.83. The molecule has 1 N–H and O–H groups in total. The van der Waals surface area contributed by atoms with Crippen LogP contribution in [0.3, 0.4) is 0 Å². The number of benzene rings is 1. The number of phenolic OH excluding ortho intramolecular Hbond substituents is 1. The molecular weight excluding hydrogens is 286 g/mol. The third-order valence-electron chi connectivity index (χ3n) is 3.25. The molecule has 1 unspecified atom stereocenters. The van der Waals surface area contributed by atoms with E-state index in [1.165, 1.54) is 35.9 Å². The highest BCUT2D eigenvalue weighted by molar-refractivity contribution is 5.95. The predicted octanol–water partition coefficient (Wildman–Crippen LogP) is 1.11. The number of aromatic nitrogens is 2. The van der Waals surface area contributed by atoms with Crippen LogP contribution in [0.4, 0.5) is 0 Å². The lowest BCUT2D eigenvalue weighted by molar-refractivity contribution is -0.145. The number of hydrogen-bond acceptors (Lipinski definition) is 5. The SMILES string of the molecule is COC(=O)C(c1cccc(O)c1)N(C)C(=O)c1ccn(C)n1. The average Bonchev–Trinajstić information content (AvgIpc) is 2.93. The van der Waals surface area contributed by atoms with Crippen LogP contribution in [0, 0.1) is 0 Å². The van der Waals surface area contributed by atoms with Crippen LogP contribution >= 0.6 is 0 Å². The van der Waals surface area contributed by atoms with Gasteiger partial charge in [-0.1, -0.05) is 12.1 Å².